The van der Waals surface area contributed by atoms with Crippen LogP contribution in [0.3, 0.4) is 0 Å². The molecule has 2 aromatic heterocycles. The molecule has 0 spiro atoms. The number of alkyl halides is 3. The van der Waals surface area contributed by atoms with Crippen molar-refractivity contribution in [3.05, 3.63) is 89.7 Å². The van der Waals surface area contributed by atoms with Gasteiger partial charge in [-0.1, -0.05) is 36.4 Å². The van der Waals surface area contributed by atoms with Crippen LogP contribution in [0.25, 0.3) is 22.8 Å². The van der Waals surface area contributed by atoms with Crippen molar-refractivity contribution in [2.24, 2.45) is 0 Å². The van der Waals surface area contributed by atoms with Crippen LogP contribution in [0.5, 0.6) is 0 Å². The van der Waals surface area contributed by atoms with E-state index in [1.54, 1.807) is 24.4 Å². The highest BCUT2D eigenvalue weighted by molar-refractivity contribution is 6.07. The topological polar surface area (TPSA) is 59.2 Å². The second kappa shape index (κ2) is 7.64. The van der Waals surface area contributed by atoms with Gasteiger partial charge < -0.3 is 4.42 Å². The summed E-state index contributed by atoms with van der Waals surface area (Å²) in [7, 11) is 0. The van der Waals surface area contributed by atoms with E-state index in [2.05, 4.69) is 9.97 Å². The maximum absolute atomic E-state index is 13.2. The summed E-state index contributed by atoms with van der Waals surface area (Å²) >= 11 is 0. The summed E-state index contributed by atoms with van der Waals surface area (Å²) in [5.41, 5.74) is 1.49. The van der Waals surface area contributed by atoms with E-state index < -0.39 is 11.7 Å². The van der Waals surface area contributed by atoms with Gasteiger partial charge in [-0.2, -0.15) is 18.2 Å². The molecule has 0 unspecified atom stereocenters. The molecule has 0 saturated carbocycles. The van der Waals surface area contributed by atoms with Gasteiger partial charge in [0.2, 0.25) is 5.89 Å². The van der Waals surface area contributed by atoms with Crippen LogP contribution in [0, 0.1) is 0 Å². The Bertz CT molecular complexity index is 1280. The Morgan fingerprint density at radius 3 is 2.38 bits per heavy atom. The van der Waals surface area contributed by atoms with Gasteiger partial charge >= 0.3 is 6.18 Å². The molecule has 0 aliphatic carbocycles. The molecule has 5 nitrogen and oxygen atoms in total. The molecule has 1 aliphatic heterocycles. The number of aromatic nitrogens is 2. The molecule has 0 atom stereocenters. The Balaban J connectivity index is 1.62. The van der Waals surface area contributed by atoms with Crippen LogP contribution in [-0.2, 0) is 12.6 Å². The number of hydrogen-bond donors (Lipinski definition) is 0. The summed E-state index contributed by atoms with van der Waals surface area (Å²) in [6, 6.07) is 17.4. The zero-order valence-electron chi connectivity index (χ0n) is 16.6. The minimum Gasteiger partial charge on any atom is -0.434 e. The monoisotopic (exact) mass is 435 g/mol. The number of hydrogen-bond acceptors (Lipinski definition) is 4. The van der Waals surface area contributed by atoms with E-state index >= 15 is 0 Å². The van der Waals surface area contributed by atoms with E-state index in [9.17, 15) is 18.0 Å². The predicted octanol–water partition coefficient (Wildman–Crippen LogP) is 5.63. The highest BCUT2D eigenvalue weighted by atomic mass is 19.4. The molecule has 4 aromatic rings. The number of nitrogens with zero attached hydrogens (tertiary/aromatic N) is 3. The number of amides is 1. The van der Waals surface area contributed by atoms with E-state index in [0.717, 1.165) is 17.7 Å². The number of oxazole rings is 1. The third-order valence-electron chi connectivity index (χ3n) is 5.30. The summed E-state index contributed by atoms with van der Waals surface area (Å²) in [6.07, 6.45) is -2.32. The lowest BCUT2D eigenvalue weighted by Gasteiger charge is -2.26. The molecule has 2 aromatic carbocycles. The van der Waals surface area contributed by atoms with Crippen molar-refractivity contribution < 1.29 is 22.4 Å². The molecule has 1 aliphatic rings. The van der Waals surface area contributed by atoms with Gasteiger partial charge in [0.1, 0.15) is 5.69 Å². The summed E-state index contributed by atoms with van der Waals surface area (Å²) in [5.74, 6) is 0.429. The molecule has 0 N–H and O–H groups in total. The fourth-order valence-electron chi connectivity index (χ4n) is 3.69. The van der Waals surface area contributed by atoms with Crippen molar-refractivity contribution in [3.8, 4) is 22.8 Å². The Hall–Kier alpha value is -3.94. The minimum absolute atomic E-state index is 0.227. The van der Waals surface area contributed by atoms with Gasteiger partial charge in [-0.3, -0.25) is 14.7 Å². The zero-order valence-corrected chi connectivity index (χ0v) is 16.6. The summed E-state index contributed by atoms with van der Waals surface area (Å²) in [6.45, 7) is 0.353. The molecular formula is C24H16F3N3O2. The van der Waals surface area contributed by atoms with Crippen LogP contribution in [0.2, 0.25) is 0 Å². The lowest BCUT2D eigenvalue weighted by molar-refractivity contribution is -0.137. The first-order valence-corrected chi connectivity index (χ1v) is 9.91. The van der Waals surface area contributed by atoms with Gasteiger partial charge in [-0.15, -0.1) is 0 Å². The molecule has 0 fully saturated rings. The lowest BCUT2D eigenvalue weighted by atomic mass is 10.0. The van der Waals surface area contributed by atoms with E-state index in [0.29, 0.717) is 29.8 Å². The van der Waals surface area contributed by atoms with E-state index in [1.807, 2.05) is 24.3 Å². The number of carbonyl (C=O) groups excluding carboxylic acids is 1. The normalized spacial score (nSPS) is 13.8. The fraction of sp³-hybridized carbons (Fsp3) is 0.125. The Morgan fingerprint density at radius 2 is 1.66 bits per heavy atom. The number of carbonyl (C=O) groups is 1. The number of fused-ring (bicyclic) bond motifs is 1. The first kappa shape index (κ1) is 20.0. The molecule has 8 heteroatoms. The van der Waals surface area contributed by atoms with Crippen LogP contribution in [-0.4, -0.2) is 22.4 Å². The van der Waals surface area contributed by atoms with Gasteiger partial charge in [-0.05, 0) is 42.3 Å². The van der Waals surface area contributed by atoms with Crippen molar-refractivity contribution in [2.45, 2.75) is 12.6 Å². The van der Waals surface area contributed by atoms with Crippen LogP contribution < -0.4 is 4.90 Å². The highest BCUT2D eigenvalue weighted by Gasteiger charge is 2.33. The van der Waals surface area contributed by atoms with Gasteiger partial charge in [0.25, 0.3) is 5.91 Å². The standard InChI is InChI=1S/C24H16F3N3O2/c25-24(26,27)18-10-8-16(9-11-18)20-21(29-22(32-20)17-5-2-1-3-6-17)30-14-12-15-7-4-13-28-19(15)23(30)31/h1-11,13H,12,14H2. The maximum Gasteiger partial charge on any atom is 0.416 e. The SMILES string of the molecule is O=C1c2ncccc2CCN1c1nc(-c2ccccc2)oc1-c1ccc(C(F)(F)F)cc1. The second-order valence-corrected chi connectivity index (χ2v) is 7.33. The van der Waals surface area contributed by atoms with E-state index in [4.69, 9.17) is 4.42 Å². The van der Waals surface area contributed by atoms with E-state index in [1.165, 1.54) is 17.0 Å². The molecule has 0 saturated heterocycles. The lowest BCUT2D eigenvalue weighted by Crippen LogP contribution is -2.38. The first-order chi connectivity index (χ1) is 15.4. The smallest absolute Gasteiger partial charge is 0.416 e. The van der Waals surface area contributed by atoms with Crippen LogP contribution in [0.15, 0.2) is 77.3 Å². The summed E-state index contributed by atoms with van der Waals surface area (Å²) < 4.78 is 45.0. The average molecular weight is 435 g/mol. The molecule has 3 heterocycles. The number of rotatable bonds is 3. The van der Waals surface area contributed by atoms with E-state index in [-0.39, 0.29) is 23.4 Å². The zero-order chi connectivity index (χ0) is 22.3. The molecule has 0 bridgehead atoms. The molecule has 1 amide bonds. The molecule has 160 valence electrons. The quantitative estimate of drug-likeness (QED) is 0.419. The molecule has 32 heavy (non-hydrogen) atoms. The summed E-state index contributed by atoms with van der Waals surface area (Å²) in [4.78, 5) is 23.4. The van der Waals surface area contributed by atoms with Gasteiger partial charge in [0.15, 0.2) is 11.6 Å². The first-order valence-electron chi connectivity index (χ1n) is 9.91. The average Bonchev–Trinajstić information content (AvgIpc) is 3.25. The van der Waals surface area contributed by atoms with Crippen molar-refractivity contribution in [1.29, 1.82) is 0 Å². The number of benzene rings is 2. The van der Waals surface area contributed by atoms with Crippen LogP contribution in [0.4, 0.5) is 19.0 Å². The number of pyridine rings is 1. The third-order valence-corrected chi connectivity index (χ3v) is 5.30. The Labute approximate surface area is 181 Å². The minimum atomic E-state index is -4.45. The predicted molar refractivity (Wildman–Crippen MR) is 112 cm³/mol. The number of anilines is 1. The van der Waals surface area contributed by atoms with Crippen molar-refractivity contribution in [3.63, 3.8) is 0 Å². The van der Waals surface area contributed by atoms with Gasteiger partial charge in [0.05, 0.1) is 5.56 Å². The Morgan fingerprint density at radius 1 is 0.906 bits per heavy atom. The van der Waals surface area contributed by atoms with Gasteiger partial charge in [-0.25, -0.2) is 0 Å². The van der Waals surface area contributed by atoms with Crippen LogP contribution in [0.1, 0.15) is 21.6 Å². The summed E-state index contributed by atoms with van der Waals surface area (Å²) in [5, 5.41) is 0. The molecule has 5 rings (SSSR count). The highest BCUT2D eigenvalue weighted by Crippen LogP contribution is 2.38. The van der Waals surface area contributed by atoms with Crippen molar-refractivity contribution in [2.75, 3.05) is 11.4 Å². The Kier molecular flexibility index (Phi) is 4.77. The maximum atomic E-state index is 13.2. The third kappa shape index (κ3) is 3.53. The number of halogens is 3. The fourth-order valence-corrected chi connectivity index (χ4v) is 3.69. The second-order valence-electron chi connectivity index (χ2n) is 7.33. The van der Waals surface area contributed by atoms with Gasteiger partial charge in [0, 0.05) is 23.9 Å². The van der Waals surface area contributed by atoms with Crippen molar-refractivity contribution in [1.82, 2.24) is 9.97 Å². The molecular weight excluding hydrogens is 419 g/mol. The van der Waals surface area contributed by atoms with Crippen LogP contribution >= 0.6 is 0 Å². The largest absolute Gasteiger partial charge is 0.434 e. The molecule has 0 radical (unpaired) electrons. The van der Waals surface area contributed by atoms with Crippen molar-refractivity contribution >= 4 is 11.7 Å².